The molecule has 0 saturated heterocycles. The van der Waals surface area contributed by atoms with Crippen LogP contribution >= 0.6 is 15.9 Å². The Labute approximate surface area is 116 Å². The molecule has 2 nitrogen and oxygen atoms in total. The minimum atomic E-state index is -0.193. The van der Waals surface area contributed by atoms with Gasteiger partial charge in [0.05, 0.1) is 0 Å². The van der Waals surface area contributed by atoms with Crippen molar-refractivity contribution in [3.8, 4) is 0 Å². The molecule has 0 radical (unpaired) electrons. The molecule has 1 aliphatic rings. The van der Waals surface area contributed by atoms with Gasteiger partial charge in [0, 0.05) is 31.3 Å². The monoisotopic (exact) mass is 315 g/mol. The van der Waals surface area contributed by atoms with Gasteiger partial charge in [0.25, 0.3) is 0 Å². The normalized spacial score (nSPS) is 16.8. The maximum absolute atomic E-state index is 13.2. The van der Waals surface area contributed by atoms with Crippen molar-refractivity contribution in [1.29, 1.82) is 0 Å². The largest absolute Gasteiger partial charge is 0.385 e. The fourth-order valence-electron chi connectivity index (χ4n) is 2.20. The number of ether oxygens (including phenoxy) is 1. The van der Waals surface area contributed by atoms with Crippen molar-refractivity contribution in [2.75, 3.05) is 20.3 Å². The summed E-state index contributed by atoms with van der Waals surface area (Å²) in [5.74, 6) is -0.193. The van der Waals surface area contributed by atoms with E-state index in [4.69, 9.17) is 4.74 Å². The highest BCUT2D eigenvalue weighted by molar-refractivity contribution is 9.10. The van der Waals surface area contributed by atoms with Gasteiger partial charge < -0.3 is 10.1 Å². The fourth-order valence-corrected chi connectivity index (χ4v) is 2.71. The predicted molar refractivity (Wildman–Crippen MR) is 74.0 cm³/mol. The van der Waals surface area contributed by atoms with Crippen molar-refractivity contribution in [3.63, 3.8) is 0 Å². The number of benzene rings is 1. The number of hydrogen-bond donors (Lipinski definition) is 1. The average Bonchev–Trinajstić information content (AvgIpc) is 3.06. The second-order valence-electron chi connectivity index (χ2n) is 5.12. The smallest absolute Gasteiger partial charge is 0.124 e. The Kier molecular flexibility index (Phi) is 4.76. The molecule has 1 saturated carbocycles. The predicted octanol–water partition coefficient (Wildman–Crippen LogP) is 3.49. The Morgan fingerprint density at radius 3 is 2.78 bits per heavy atom. The third kappa shape index (κ3) is 4.04. The molecule has 0 spiro atoms. The SMILES string of the molecule is COCCC1(CNCc2cc(F)cc(Br)c2)CC1. The number of methoxy groups -OCH3 is 1. The zero-order chi connectivity index (χ0) is 13.0. The topological polar surface area (TPSA) is 21.3 Å². The van der Waals surface area contributed by atoms with Crippen molar-refractivity contribution in [3.05, 3.63) is 34.1 Å². The fraction of sp³-hybridized carbons (Fsp3) is 0.571. The molecule has 100 valence electrons. The van der Waals surface area contributed by atoms with E-state index in [0.29, 0.717) is 12.0 Å². The summed E-state index contributed by atoms with van der Waals surface area (Å²) in [7, 11) is 1.74. The van der Waals surface area contributed by atoms with E-state index in [-0.39, 0.29) is 5.82 Å². The van der Waals surface area contributed by atoms with Crippen molar-refractivity contribution >= 4 is 15.9 Å². The van der Waals surface area contributed by atoms with Gasteiger partial charge >= 0.3 is 0 Å². The molecule has 1 aromatic carbocycles. The van der Waals surface area contributed by atoms with Crippen LogP contribution in [-0.4, -0.2) is 20.3 Å². The zero-order valence-corrected chi connectivity index (χ0v) is 12.2. The molecule has 1 N–H and O–H groups in total. The number of hydrogen-bond acceptors (Lipinski definition) is 2. The number of halogens is 2. The van der Waals surface area contributed by atoms with Crippen molar-refractivity contribution in [2.45, 2.75) is 25.8 Å². The molecular weight excluding hydrogens is 297 g/mol. The molecule has 18 heavy (non-hydrogen) atoms. The van der Waals surface area contributed by atoms with E-state index < -0.39 is 0 Å². The van der Waals surface area contributed by atoms with Crippen LogP contribution in [0.3, 0.4) is 0 Å². The lowest BCUT2D eigenvalue weighted by molar-refractivity contribution is 0.171. The summed E-state index contributed by atoms with van der Waals surface area (Å²) >= 11 is 3.31. The molecular formula is C14H19BrFNO. The van der Waals surface area contributed by atoms with E-state index in [1.54, 1.807) is 13.2 Å². The summed E-state index contributed by atoms with van der Waals surface area (Å²) in [6, 6.07) is 5.00. The van der Waals surface area contributed by atoms with Crippen LogP contribution in [0.2, 0.25) is 0 Å². The summed E-state index contributed by atoms with van der Waals surface area (Å²) in [6.07, 6.45) is 3.66. The van der Waals surface area contributed by atoms with Gasteiger partial charge in [-0.15, -0.1) is 0 Å². The maximum atomic E-state index is 13.2. The van der Waals surface area contributed by atoms with Gasteiger partial charge in [-0.05, 0) is 48.4 Å². The Morgan fingerprint density at radius 2 is 2.17 bits per heavy atom. The van der Waals surface area contributed by atoms with Crippen LogP contribution in [-0.2, 0) is 11.3 Å². The molecule has 4 heteroatoms. The highest BCUT2D eigenvalue weighted by Crippen LogP contribution is 2.48. The summed E-state index contributed by atoms with van der Waals surface area (Å²) in [6.45, 7) is 2.53. The molecule has 1 fully saturated rings. The van der Waals surface area contributed by atoms with E-state index in [1.807, 2.05) is 6.07 Å². The quantitative estimate of drug-likeness (QED) is 0.831. The van der Waals surface area contributed by atoms with Gasteiger partial charge in [-0.25, -0.2) is 4.39 Å². The van der Waals surface area contributed by atoms with E-state index in [2.05, 4.69) is 21.2 Å². The Balaban J connectivity index is 1.78. The standard InChI is InChI=1S/C14H19BrFNO/c1-18-5-4-14(2-3-14)10-17-9-11-6-12(15)8-13(16)7-11/h6-8,17H,2-5,9-10H2,1H3. The third-order valence-electron chi connectivity index (χ3n) is 3.55. The first kappa shape index (κ1) is 14.0. The van der Waals surface area contributed by atoms with Crippen LogP contribution in [0.4, 0.5) is 4.39 Å². The summed E-state index contributed by atoms with van der Waals surface area (Å²) in [4.78, 5) is 0. The maximum Gasteiger partial charge on any atom is 0.124 e. The van der Waals surface area contributed by atoms with Gasteiger partial charge in [-0.2, -0.15) is 0 Å². The highest BCUT2D eigenvalue weighted by atomic mass is 79.9. The molecule has 1 aliphatic carbocycles. The number of nitrogens with one attached hydrogen (secondary N) is 1. The third-order valence-corrected chi connectivity index (χ3v) is 4.00. The van der Waals surface area contributed by atoms with Crippen molar-refractivity contribution < 1.29 is 9.13 Å². The van der Waals surface area contributed by atoms with Gasteiger partial charge in [0.15, 0.2) is 0 Å². The first-order valence-corrected chi connectivity index (χ1v) is 7.07. The first-order chi connectivity index (χ1) is 8.63. The van der Waals surface area contributed by atoms with E-state index in [9.17, 15) is 4.39 Å². The molecule has 2 rings (SSSR count). The molecule has 0 heterocycles. The second kappa shape index (κ2) is 6.13. The van der Waals surface area contributed by atoms with Crippen LogP contribution in [0.15, 0.2) is 22.7 Å². The Hall–Kier alpha value is -0.450. The van der Waals surface area contributed by atoms with Crippen LogP contribution in [0, 0.1) is 11.2 Å². The Morgan fingerprint density at radius 1 is 1.39 bits per heavy atom. The lowest BCUT2D eigenvalue weighted by Gasteiger charge is -2.15. The lowest BCUT2D eigenvalue weighted by atomic mass is 10.0. The van der Waals surface area contributed by atoms with Gasteiger partial charge in [0.2, 0.25) is 0 Å². The molecule has 0 amide bonds. The molecule has 1 aromatic rings. The van der Waals surface area contributed by atoms with Gasteiger partial charge in [-0.3, -0.25) is 0 Å². The number of rotatable bonds is 7. The highest BCUT2D eigenvalue weighted by Gasteiger charge is 2.41. The molecule has 0 bridgehead atoms. The molecule has 0 unspecified atom stereocenters. The van der Waals surface area contributed by atoms with E-state index >= 15 is 0 Å². The summed E-state index contributed by atoms with van der Waals surface area (Å²) in [5.41, 5.74) is 1.41. The van der Waals surface area contributed by atoms with E-state index in [1.165, 1.54) is 18.9 Å². The van der Waals surface area contributed by atoms with Crippen molar-refractivity contribution in [1.82, 2.24) is 5.32 Å². The minimum Gasteiger partial charge on any atom is -0.385 e. The van der Waals surface area contributed by atoms with Crippen LogP contribution in [0.5, 0.6) is 0 Å². The zero-order valence-electron chi connectivity index (χ0n) is 10.6. The van der Waals surface area contributed by atoms with Crippen LogP contribution < -0.4 is 5.32 Å². The molecule has 0 aromatic heterocycles. The van der Waals surface area contributed by atoms with Gasteiger partial charge in [0.1, 0.15) is 5.82 Å². The molecule has 0 aliphatic heterocycles. The Bertz CT molecular complexity index is 387. The van der Waals surface area contributed by atoms with E-state index in [0.717, 1.165) is 29.6 Å². The first-order valence-electron chi connectivity index (χ1n) is 6.28. The van der Waals surface area contributed by atoms with Crippen LogP contribution in [0.25, 0.3) is 0 Å². The van der Waals surface area contributed by atoms with Gasteiger partial charge in [-0.1, -0.05) is 15.9 Å². The molecule has 0 atom stereocenters. The average molecular weight is 316 g/mol. The summed E-state index contributed by atoms with van der Waals surface area (Å²) in [5, 5.41) is 3.42. The second-order valence-corrected chi connectivity index (χ2v) is 6.04. The lowest BCUT2D eigenvalue weighted by Crippen LogP contribution is -2.24. The van der Waals surface area contributed by atoms with Crippen molar-refractivity contribution in [2.24, 2.45) is 5.41 Å². The van der Waals surface area contributed by atoms with Crippen LogP contribution in [0.1, 0.15) is 24.8 Å². The summed E-state index contributed by atoms with van der Waals surface area (Å²) < 4.78 is 19.1. The minimum absolute atomic E-state index is 0.193.